The topological polar surface area (TPSA) is 71.8 Å². The predicted octanol–water partition coefficient (Wildman–Crippen LogP) is 4.14. The van der Waals surface area contributed by atoms with Gasteiger partial charge in [0.15, 0.2) is 5.76 Å². The number of benzene rings is 1. The minimum absolute atomic E-state index is 0.106. The number of nitrogens with one attached hydrogen (secondary N) is 1. The maximum atomic E-state index is 12.5. The van der Waals surface area contributed by atoms with Crippen LogP contribution < -0.4 is 10.1 Å². The highest BCUT2D eigenvalue weighted by Gasteiger charge is 2.22. The van der Waals surface area contributed by atoms with Crippen LogP contribution in [-0.4, -0.2) is 35.8 Å². The highest BCUT2D eigenvalue weighted by atomic mass is 35.5. The summed E-state index contributed by atoms with van der Waals surface area (Å²) in [7, 11) is 0. The monoisotopic (exact) mass is 416 g/mol. The smallest absolute Gasteiger partial charge is 0.287 e. The van der Waals surface area contributed by atoms with E-state index in [2.05, 4.69) is 18.5 Å². The first-order valence-electron chi connectivity index (χ1n) is 9.14. The third-order valence-corrected chi connectivity index (χ3v) is 4.55. The Balaban J connectivity index is 1.93. The van der Waals surface area contributed by atoms with E-state index in [-0.39, 0.29) is 18.3 Å². The summed E-state index contributed by atoms with van der Waals surface area (Å²) in [6.07, 6.45) is 3.24. The van der Waals surface area contributed by atoms with Gasteiger partial charge in [-0.05, 0) is 49.7 Å². The maximum Gasteiger partial charge on any atom is 0.287 e. The van der Waals surface area contributed by atoms with Crippen molar-refractivity contribution in [1.29, 1.82) is 0 Å². The number of carbonyl (C=O) groups is 2. The number of furan rings is 1. The molecule has 0 aliphatic rings. The number of rotatable bonds is 10. The number of amides is 2. The van der Waals surface area contributed by atoms with E-state index in [1.165, 1.54) is 0 Å². The van der Waals surface area contributed by atoms with Gasteiger partial charge in [0.2, 0.25) is 5.91 Å². The van der Waals surface area contributed by atoms with Gasteiger partial charge in [-0.25, -0.2) is 0 Å². The van der Waals surface area contributed by atoms with Gasteiger partial charge in [-0.3, -0.25) is 9.59 Å². The number of nitrogens with zero attached hydrogens (tertiary/aromatic N) is 1. The third kappa shape index (κ3) is 6.26. The lowest BCUT2D eigenvalue weighted by Crippen LogP contribution is -2.47. The average Bonchev–Trinajstić information content (AvgIpc) is 3.17. The molecule has 154 valence electrons. The van der Waals surface area contributed by atoms with E-state index < -0.39 is 11.9 Å². The van der Waals surface area contributed by atoms with Crippen LogP contribution in [0.15, 0.2) is 60.1 Å². The average molecular weight is 417 g/mol. The van der Waals surface area contributed by atoms with Gasteiger partial charge >= 0.3 is 0 Å². The Labute approximate surface area is 175 Å². The van der Waals surface area contributed by atoms with Gasteiger partial charge in [0.1, 0.15) is 24.2 Å². The maximum absolute atomic E-state index is 12.5. The van der Waals surface area contributed by atoms with Crippen LogP contribution in [-0.2, 0) is 11.4 Å². The highest BCUT2D eigenvalue weighted by molar-refractivity contribution is 6.31. The van der Waals surface area contributed by atoms with Crippen molar-refractivity contribution in [3.63, 3.8) is 0 Å². The molecule has 0 aliphatic carbocycles. The van der Waals surface area contributed by atoms with Crippen molar-refractivity contribution in [2.75, 3.05) is 13.1 Å². The molecule has 2 rings (SSSR count). The fourth-order valence-electron chi connectivity index (χ4n) is 2.61. The molecule has 0 aliphatic heterocycles. The molecule has 1 heterocycles. The lowest BCUT2D eigenvalue weighted by atomic mass is 10.2. The largest absolute Gasteiger partial charge is 0.486 e. The molecular formula is C22H25ClN2O4. The highest BCUT2D eigenvalue weighted by Crippen LogP contribution is 2.22. The second-order valence-electron chi connectivity index (χ2n) is 6.48. The SMILES string of the molecule is C=CCN(CC=C)C(=O)C(C)NC(=O)c1ccc(COc2ccc(Cl)c(C)c2)o1. The molecule has 0 fully saturated rings. The minimum Gasteiger partial charge on any atom is -0.486 e. The molecule has 1 atom stereocenters. The summed E-state index contributed by atoms with van der Waals surface area (Å²) < 4.78 is 11.2. The standard InChI is InChI=1S/C22H25ClN2O4/c1-5-11-25(12-6-2)22(27)16(4)24-21(26)20-10-8-18(29-20)14-28-17-7-9-19(23)15(3)13-17/h5-10,13,16H,1-2,11-12,14H2,3-4H3,(H,24,26). The van der Waals surface area contributed by atoms with Gasteiger partial charge in [0, 0.05) is 18.1 Å². The molecule has 1 unspecified atom stereocenters. The Kier molecular flexibility index (Phi) is 8.09. The molecule has 0 bridgehead atoms. The molecule has 0 radical (unpaired) electrons. The summed E-state index contributed by atoms with van der Waals surface area (Å²) in [4.78, 5) is 26.4. The first-order valence-corrected chi connectivity index (χ1v) is 9.52. The van der Waals surface area contributed by atoms with E-state index >= 15 is 0 Å². The van der Waals surface area contributed by atoms with E-state index in [1.807, 2.05) is 13.0 Å². The van der Waals surface area contributed by atoms with E-state index in [0.29, 0.717) is 29.6 Å². The summed E-state index contributed by atoms with van der Waals surface area (Å²) in [6, 6.07) is 7.83. The second-order valence-corrected chi connectivity index (χ2v) is 6.89. The number of hydrogen-bond acceptors (Lipinski definition) is 4. The van der Waals surface area contributed by atoms with Crippen molar-refractivity contribution in [2.24, 2.45) is 0 Å². The second kappa shape index (κ2) is 10.5. The van der Waals surface area contributed by atoms with Gasteiger partial charge in [-0.1, -0.05) is 23.8 Å². The zero-order valence-electron chi connectivity index (χ0n) is 16.6. The number of aryl methyl sites for hydroxylation is 1. The molecular weight excluding hydrogens is 392 g/mol. The van der Waals surface area contributed by atoms with Gasteiger partial charge in [-0.2, -0.15) is 0 Å². The van der Waals surface area contributed by atoms with Gasteiger partial charge in [-0.15, -0.1) is 13.2 Å². The predicted molar refractivity (Wildman–Crippen MR) is 113 cm³/mol. The number of carbonyl (C=O) groups excluding carboxylic acids is 2. The summed E-state index contributed by atoms with van der Waals surface area (Å²) in [5.74, 6) is 0.539. The Bertz CT molecular complexity index is 881. The molecule has 0 spiro atoms. The third-order valence-electron chi connectivity index (χ3n) is 4.12. The zero-order chi connectivity index (χ0) is 21.4. The molecule has 1 N–H and O–H groups in total. The molecule has 1 aromatic heterocycles. The Hall–Kier alpha value is -2.99. The van der Waals surface area contributed by atoms with Crippen LogP contribution in [0.25, 0.3) is 0 Å². The van der Waals surface area contributed by atoms with Crippen molar-refractivity contribution >= 4 is 23.4 Å². The van der Waals surface area contributed by atoms with E-state index in [1.54, 1.807) is 48.2 Å². The Morgan fingerprint density at radius 3 is 2.55 bits per heavy atom. The van der Waals surface area contributed by atoms with Crippen LogP contribution in [0.1, 0.15) is 28.8 Å². The minimum atomic E-state index is -0.718. The number of ether oxygens (including phenoxy) is 1. The van der Waals surface area contributed by atoms with Crippen LogP contribution >= 0.6 is 11.6 Å². The number of hydrogen-bond donors (Lipinski definition) is 1. The summed E-state index contributed by atoms with van der Waals surface area (Å²) >= 11 is 6.00. The number of halogens is 1. The summed E-state index contributed by atoms with van der Waals surface area (Å²) in [5, 5.41) is 3.31. The molecule has 0 saturated carbocycles. The zero-order valence-corrected chi connectivity index (χ0v) is 17.4. The van der Waals surface area contributed by atoms with Gasteiger partial charge < -0.3 is 19.4 Å². The quantitative estimate of drug-likeness (QED) is 0.591. The van der Waals surface area contributed by atoms with Crippen LogP contribution in [0.4, 0.5) is 0 Å². The van der Waals surface area contributed by atoms with Crippen molar-refractivity contribution in [3.05, 3.63) is 77.7 Å². The molecule has 29 heavy (non-hydrogen) atoms. The normalized spacial score (nSPS) is 11.4. The van der Waals surface area contributed by atoms with Crippen LogP contribution in [0.2, 0.25) is 5.02 Å². The molecule has 2 aromatic rings. The molecule has 0 saturated heterocycles. The molecule has 1 aromatic carbocycles. The fourth-order valence-corrected chi connectivity index (χ4v) is 2.73. The lowest BCUT2D eigenvalue weighted by Gasteiger charge is -2.23. The molecule has 7 heteroatoms. The summed E-state index contributed by atoms with van der Waals surface area (Å²) in [6.45, 7) is 11.7. The van der Waals surface area contributed by atoms with E-state index in [9.17, 15) is 9.59 Å². The van der Waals surface area contributed by atoms with Crippen molar-refractivity contribution in [1.82, 2.24) is 10.2 Å². The lowest BCUT2D eigenvalue weighted by molar-refractivity contribution is -0.131. The fraction of sp³-hybridized carbons (Fsp3) is 0.273. The van der Waals surface area contributed by atoms with Gasteiger partial charge in [0.05, 0.1) is 0 Å². The van der Waals surface area contributed by atoms with Gasteiger partial charge in [0.25, 0.3) is 5.91 Å². The summed E-state index contributed by atoms with van der Waals surface area (Å²) in [5.41, 5.74) is 0.907. The van der Waals surface area contributed by atoms with Crippen molar-refractivity contribution in [2.45, 2.75) is 26.5 Å². The van der Waals surface area contributed by atoms with Crippen molar-refractivity contribution < 1.29 is 18.7 Å². The van der Waals surface area contributed by atoms with E-state index in [0.717, 1.165) is 5.56 Å². The van der Waals surface area contributed by atoms with Crippen molar-refractivity contribution in [3.8, 4) is 5.75 Å². The Morgan fingerprint density at radius 2 is 1.93 bits per heavy atom. The first kappa shape index (κ1) is 22.3. The molecule has 2 amide bonds. The first-order chi connectivity index (χ1) is 13.8. The van der Waals surface area contributed by atoms with Crippen LogP contribution in [0.5, 0.6) is 5.75 Å². The van der Waals surface area contributed by atoms with Crippen LogP contribution in [0.3, 0.4) is 0 Å². The molecule has 6 nitrogen and oxygen atoms in total. The Morgan fingerprint density at radius 1 is 1.24 bits per heavy atom. The van der Waals surface area contributed by atoms with E-state index in [4.69, 9.17) is 20.8 Å². The van der Waals surface area contributed by atoms with Crippen LogP contribution in [0, 0.1) is 6.92 Å².